The lowest BCUT2D eigenvalue weighted by molar-refractivity contribution is 0.816. The molecule has 33 heavy (non-hydrogen) atoms. The number of benzene rings is 3. The highest BCUT2D eigenvalue weighted by Crippen LogP contribution is 2.33. The molecule has 3 aromatic heterocycles. The molecule has 0 N–H and O–H groups in total. The van der Waals surface area contributed by atoms with Crippen molar-refractivity contribution in [1.82, 2.24) is 23.7 Å². The van der Waals surface area contributed by atoms with Gasteiger partial charge in [-0.1, -0.05) is 61.5 Å². The zero-order valence-corrected chi connectivity index (χ0v) is 18.6. The average Bonchev–Trinajstić information content (AvgIpc) is 3.49. The van der Waals surface area contributed by atoms with Gasteiger partial charge in [-0.3, -0.25) is 0 Å². The summed E-state index contributed by atoms with van der Waals surface area (Å²) in [6.45, 7) is 2.77. The quantitative estimate of drug-likeness (QED) is 0.304. The van der Waals surface area contributed by atoms with Gasteiger partial charge < -0.3 is 9.13 Å². The van der Waals surface area contributed by atoms with Gasteiger partial charge in [0.2, 0.25) is 0 Å². The van der Waals surface area contributed by atoms with E-state index in [4.69, 9.17) is 15.2 Å². The van der Waals surface area contributed by atoms with Crippen LogP contribution in [-0.4, -0.2) is 23.7 Å². The highest BCUT2D eigenvalue weighted by molar-refractivity contribution is 5.86. The SMILES string of the molecule is CCc1nn2c3ccccc3n(C)c2c1N=Nc1nc2ccccc2n1Cc1ccccc1. The van der Waals surface area contributed by atoms with E-state index in [1.165, 1.54) is 5.56 Å². The Hall–Kier alpha value is -4.26. The molecule has 0 fully saturated rings. The Morgan fingerprint density at radius 2 is 1.48 bits per heavy atom. The second-order valence-electron chi connectivity index (χ2n) is 8.10. The second-order valence-corrected chi connectivity index (χ2v) is 8.10. The predicted molar refractivity (Wildman–Crippen MR) is 130 cm³/mol. The fourth-order valence-electron chi connectivity index (χ4n) is 4.45. The van der Waals surface area contributed by atoms with Crippen LogP contribution in [0.1, 0.15) is 18.2 Å². The summed E-state index contributed by atoms with van der Waals surface area (Å²) in [4.78, 5) is 4.78. The largest absolute Gasteiger partial charge is 0.326 e. The predicted octanol–water partition coefficient (Wildman–Crippen LogP) is 6.20. The third-order valence-electron chi connectivity index (χ3n) is 6.09. The molecule has 162 valence electrons. The number of nitrogens with zero attached hydrogens (tertiary/aromatic N) is 7. The first-order valence-electron chi connectivity index (χ1n) is 11.1. The minimum absolute atomic E-state index is 0.584. The Labute approximate surface area is 190 Å². The molecule has 3 heterocycles. The van der Waals surface area contributed by atoms with E-state index in [1.807, 2.05) is 60.1 Å². The summed E-state index contributed by atoms with van der Waals surface area (Å²) in [6.07, 6.45) is 0.769. The van der Waals surface area contributed by atoms with Crippen molar-refractivity contribution < 1.29 is 0 Å². The van der Waals surface area contributed by atoms with Crippen molar-refractivity contribution in [3.8, 4) is 0 Å². The molecule has 0 saturated heterocycles. The highest BCUT2D eigenvalue weighted by Gasteiger charge is 2.19. The van der Waals surface area contributed by atoms with E-state index in [-0.39, 0.29) is 0 Å². The van der Waals surface area contributed by atoms with Gasteiger partial charge in [0.25, 0.3) is 5.95 Å². The van der Waals surface area contributed by atoms with Crippen molar-refractivity contribution in [3.05, 3.63) is 90.1 Å². The lowest BCUT2D eigenvalue weighted by Crippen LogP contribution is -1.98. The number of imidazole rings is 2. The molecule has 0 amide bonds. The molecule has 3 aromatic carbocycles. The Morgan fingerprint density at radius 1 is 0.788 bits per heavy atom. The molecule has 0 radical (unpaired) electrons. The molecular formula is C26H23N7. The summed E-state index contributed by atoms with van der Waals surface area (Å²) in [5.41, 5.74) is 7.93. The van der Waals surface area contributed by atoms with Crippen LogP contribution in [0.3, 0.4) is 0 Å². The van der Waals surface area contributed by atoms with Gasteiger partial charge >= 0.3 is 0 Å². The number of fused-ring (bicyclic) bond motifs is 4. The van der Waals surface area contributed by atoms with Gasteiger partial charge in [-0.2, -0.15) is 5.10 Å². The van der Waals surface area contributed by atoms with E-state index >= 15 is 0 Å². The van der Waals surface area contributed by atoms with E-state index in [2.05, 4.69) is 51.5 Å². The zero-order valence-electron chi connectivity index (χ0n) is 18.6. The highest BCUT2D eigenvalue weighted by atomic mass is 15.3. The first kappa shape index (κ1) is 19.4. The van der Waals surface area contributed by atoms with Gasteiger partial charge in [0.05, 0.1) is 34.3 Å². The van der Waals surface area contributed by atoms with Crippen LogP contribution in [-0.2, 0) is 20.0 Å². The van der Waals surface area contributed by atoms with Crippen molar-refractivity contribution in [2.75, 3.05) is 0 Å². The van der Waals surface area contributed by atoms with E-state index in [0.717, 1.165) is 45.5 Å². The smallest absolute Gasteiger partial charge is 0.250 e. The molecule has 6 aromatic rings. The summed E-state index contributed by atoms with van der Waals surface area (Å²) < 4.78 is 6.21. The fraction of sp³-hybridized carbons (Fsp3) is 0.154. The number of rotatable bonds is 5. The normalized spacial score (nSPS) is 12.1. The molecular weight excluding hydrogens is 410 g/mol. The van der Waals surface area contributed by atoms with Gasteiger partial charge in [-0.25, -0.2) is 9.50 Å². The molecule has 6 rings (SSSR count). The number of hydrogen-bond acceptors (Lipinski definition) is 4. The number of azo groups is 1. The zero-order chi connectivity index (χ0) is 22.4. The molecule has 7 heteroatoms. The summed E-state index contributed by atoms with van der Waals surface area (Å²) >= 11 is 0. The summed E-state index contributed by atoms with van der Waals surface area (Å²) in [5, 5.41) is 14.2. The molecule has 0 bridgehead atoms. The maximum absolute atomic E-state index is 4.84. The lowest BCUT2D eigenvalue weighted by Gasteiger charge is -2.06. The van der Waals surface area contributed by atoms with Crippen LogP contribution < -0.4 is 0 Å². The third kappa shape index (κ3) is 3.12. The Kier molecular flexibility index (Phi) is 4.54. The van der Waals surface area contributed by atoms with Crippen LogP contribution in [0, 0.1) is 0 Å². The molecule has 0 atom stereocenters. The topological polar surface area (TPSA) is 64.8 Å². The lowest BCUT2D eigenvalue weighted by atomic mass is 10.2. The molecule has 0 aliphatic heterocycles. The number of aryl methyl sites for hydroxylation is 2. The first-order chi connectivity index (χ1) is 16.2. The minimum Gasteiger partial charge on any atom is -0.326 e. The maximum atomic E-state index is 4.84. The first-order valence-corrected chi connectivity index (χ1v) is 11.1. The van der Waals surface area contributed by atoms with Crippen molar-refractivity contribution >= 4 is 39.3 Å². The molecule has 0 unspecified atom stereocenters. The van der Waals surface area contributed by atoms with Crippen molar-refractivity contribution in [2.24, 2.45) is 17.3 Å². The summed E-state index contributed by atoms with van der Waals surface area (Å²) in [5.74, 6) is 0.584. The van der Waals surface area contributed by atoms with Crippen LogP contribution in [0.4, 0.5) is 11.6 Å². The standard InChI is InChI=1S/C26H23N7/c1-3-19-24(25-31(2)22-15-9-10-16-23(22)33(25)30-19)28-29-26-27-20-13-7-8-14-21(20)32(26)17-18-11-5-4-6-12-18/h4-16H,3,17H2,1-2H3. The molecule has 0 spiro atoms. The molecule has 0 aliphatic carbocycles. The molecule has 7 nitrogen and oxygen atoms in total. The van der Waals surface area contributed by atoms with Crippen LogP contribution in [0.5, 0.6) is 0 Å². The Balaban J connectivity index is 1.51. The van der Waals surface area contributed by atoms with Crippen molar-refractivity contribution in [2.45, 2.75) is 19.9 Å². The monoisotopic (exact) mass is 433 g/mol. The minimum atomic E-state index is 0.584. The van der Waals surface area contributed by atoms with Crippen LogP contribution >= 0.6 is 0 Å². The average molecular weight is 434 g/mol. The van der Waals surface area contributed by atoms with Gasteiger partial charge in [-0.15, -0.1) is 10.2 Å². The van der Waals surface area contributed by atoms with E-state index < -0.39 is 0 Å². The number of para-hydroxylation sites is 4. The molecule has 0 saturated carbocycles. The van der Waals surface area contributed by atoms with Gasteiger partial charge in [0.15, 0.2) is 11.3 Å². The van der Waals surface area contributed by atoms with E-state index in [9.17, 15) is 0 Å². The summed E-state index contributed by atoms with van der Waals surface area (Å²) in [6, 6.07) is 26.7. The summed E-state index contributed by atoms with van der Waals surface area (Å²) in [7, 11) is 2.04. The fourth-order valence-corrected chi connectivity index (χ4v) is 4.45. The van der Waals surface area contributed by atoms with E-state index in [1.54, 1.807) is 0 Å². The van der Waals surface area contributed by atoms with Crippen LogP contribution in [0.25, 0.3) is 27.7 Å². The van der Waals surface area contributed by atoms with Crippen molar-refractivity contribution in [3.63, 3.8) is 0 Å². The van der Waals surface area contributed by atoms with Crippen molar-refractivity contribution in [1.29, 1.82) is 0 Å². The third-order valence-corrected chi connectivity index (χ3v) is 6.09. The second kappa shape index (κ2) is 7.70. The number of aromatic nitrogens is 5. The Morgan fingerprint density at radius 3 is 2.27 bits per heavy atom. The van der Waals surface area contributed by atoms with Crippen LogP contribution in [0.2, 0.25) is 0 Å². The van der Waals surface area contributed by atoms with Crippen LogP contribution in [0.15, 0.2) is 89.1 Å². The maximum Gasteiger partial charge on any atom is 0.250 e. The van der Waals surface area contributed by atoms with Gasteiger partial charge in [0, 0.05) is 7.05 Å². The number of hydrogen-bond donors (Lipinski definition) is 0. The van der Waals surface area contributed by atoms with Gasteiger partial charge in [0.1, 0.15) is 0 Å². The van der Waals surface area contributed by atoms with E-state index in [0.29, 0.717) is 12.5 Å². The van der Waals surface area contributed by atoms with Gasteiger partial charge in [-0.05, 0) is 36.2 Å². The molecule has 0 aliphatic rings. The Bertz CT molecular complexity index is 1630.